The van der Waals surface area contributed by atoms with Gasteiger partial charge in [-0.15, -0.1) is 0 Å². The van der Waals surface area contributed by atoms with Crippen molar-refractivity contribution in [1.82, 2.24) is 20.2 Å². The fourth-order valence-electron chi connectivity index (χ4n) is 1.26. The Balaban J connectivity index is 2.61. The first-order valence-corrected chi connectivity index (χ1v) is 4.90. The van der Waals surface area contributed by atoms with Crippen LogP contribution < -0.4 is 5.32 Å². The molecule has 0 bridgehead atoms. The van der Waals surface area contributed by atoms with Crippen LogP contribution in [0.5, 0.6) is 0 Å². The van der Waals surface area contributed by atoms with Crippen LogP contribution >= 0.6 is 0 Å². The monoisotopic (exact) mass is 210 g/mol. The van der Waals surface area contributed by atoms with Crippen LogP contribution in [-0.4, -0.2) is 40.4 Å². The predicted octanol–water partition coefficient (Wildman–Crippen LogP) is 0.366. The second-order valence-corrected chi connectivity index (χ2v) is 4.07. The molecule has 0 aliphatic carbocycles. The van der Waals surface area contributed by atoms with Crippen LogP contribution in [0.1, 0.15) is 19.7 Å². The summed E-state index contributed by atoms with van der Waals surface area (Å²) in [5.74, 6) is 0.833. The molecule has 84 valence electrons. The molecule has 0 atom stereocenters. The van der Waals surface area contributed by atoms with Gasteiger partial charge in [-0.05, 0) is 20.9 Å². The average molecular weight is 210 g/mol. The number of hydrogen-bond donors (Lipinski definition) is 2. The number of nitrogens with zero attached hydrogens (tertiary/aromatic N) is 2. The molecule has 0 fully saturated rings. The van der Waals surface area contributed by atoms with E-state index in [1.54, 1.807) is 31.4 Å². The molecule has 1 heterocycles. The largest absolute Gasteiger partial charge is 0.347 e. The molecule has 0 saturated heterocycles. The zero-order chi connectivity index (χ0) is 11.5. The quantitative estimate of drug-likeness (QED) is 0.754. The van der Waals surface area contributed by atoms with E-state index in [1.165, 1.54) is 0 Å². The van der Waals surface area contributed by atoms with Gasteiger partial charge in [0, 0.05) is 19.4 Å². The molecule has 1 aromatic heterocycles. The number of imidazole rings is 1. The van der Waals surface area contributed by atoms with Gasteiger partial charge in [-0.25, -0.2) is 4.98 Å². The lowest BCUT2D eigenvalue weighted by molar-refractivity contribution is -0.136. The number of likely N-dealkylation sites (N-methyl/N-ethyl adjacent to an activating group) is 2. The number of nitrogens with one attached hydrogen (secondary N) is 2. The highest BCUT2D eigenvalue weighted by atomic mass is 16.2. The third-order valence-electron chi connectivity index (χ3n) is 2.45. The maximum Gasteiger partial charge on any atom is 0.242 e. The summed E-state index contributed by atoms with van der Waals surface area (Å²) in [5.41, 5.74) is -0.540. The lowest BCUT2D eigenvalue weighted by Crippen LogP contribution is -2.51. The van der Waals surface area contributed by atoms with Gasteiger partial charge < -0.3 is 15.2 Å². The molecule has 0 unspecified atom stereocenters. The van der Waals surface area contributed by atoms with Crippen molar-refractivity contribution in [2.24, 2.45) is 0 Å². The standard InChI is InChI=1S/C10H18N4O/c1-10(2,11-3)9(15)14(4)7-8-12-5-6-13-8/h5-6,11H,7H2,1-4H3,(H,12,13). The molecule has 0 aliphatic rings. The second-order valence-electron chi connectivity index (χ2n) is 4.07. The Hall–Kier alpha value is -1.36. The fourth-order valence-corrected chi connectivity index (χ4v) is 1.26. The molecule has 15 heavy (non-hydrogen) atoms. The third kappa shape index (κ3) is 2.79. The van der Waals surface area contributed by atoms with E-state index in [2.05, 4.69) is 15.3 Å². The van der Waals surface area contributed by atoms with Crippen LogP contribution in [-0.2, 0) is 11.3 Å². The van der Waals surface area contributed by atoms with E-state index in [-0.39, 0.29) is 5.91 Å². The minimum Gasteiger partial charge on any atom is -0.347 e. The van der Waals surface area contributed by atoms with Crippen molar-refractivity contribution in [3.63, 3.8) is 0 Å². The van der Waals surface area contributed by atoms with Crippen molar-refractivity contribution in [2.45, 2.75) is 25.9 Å². The molecular formula is C10H18N4O. The molecule has 5 nitrogen and oxygen atoms in total. The minimum absolute atomic E-state index is 0.0430. The Kier molecular flexibility index (Phi) is 3.47. The number of aromatic amines is 1. The topological polar surface area (TPSA) is 61.0 Å². The lowest BCUT2D eigenvalue weighted by Gasteiger charge is -2.28. The van der Waals surface area contributed by atoms with Gasteiger partial charge in [0.1, 0.15) is 5.82 Å². The number of hydrogen-bond acceptors (Lipinski definition) is 3. The smallest absolute Gasteiger partial charge is 0.242 e. The van der Waals surface area contributed by atoms with Gasteiger partial charge in [-0.2, -0.15) is 0 Å². The van der Waals surface area contributed by atoms with E-state index in [1.807, 2.05) is 13.8 Å². The van der Waals surface area contributed by atoms with Gasteiger partial charge >= 0.3 is 0 Å². The van der Waals surface area contributed by atoms with E-state index in [4.69, 9.17) is 0 Å². The van der Waals surface area contributed by atoms with Crippen LogP contribution in [0, 0.1) is 0 Å². The van der Waals surface area contributed by atoms with Crippen molar-refractivity contribution >= 4 is 5.91 Å². The average Bonchev–Trinajstić information content (AvgIpc) is 2.69. The predicted molar refractivity (Wildman–Crippen MR) is 58.2 cm³/mol. The number of H-pyrrole nitrogens is 1. The van der Waals surface area contributed by atoms with Crippen molar-refractivity contribution in [3.05, 3.63) is 18.2 Å². The molecule has 0 spiro atoms. The summed E-state index contributed by atoms with van der Waals surface area (Å²) in [7, 11) is 3.54. The van der Waals surface area contributed by atoms with Gasteiger partial charge in [0.25, 0.3) is 0 Å². The zero-order valence-corrected chi connectivity index (χ0v) is 9.66. The van der Waals surface area contributed by atoms with Gasteiger partial charge in [-0.1, -0.05) is 0 Å². The summed E-state index contributed by atoms with van der Waals surface area (Å²) >= 11 is 0. The van der Waals surface area contributed by atoms with Gasteiger partial charge in [0.15, 0.2) is 0 Å². The summed E-state index contributed by atoms with van der Waals surface area (Å²) in [4.78, 5) is 20.6. The first-order valence-electron chi connectivity index (χ1n) is 4.90. The third-order valence-corrected chi connectivity index (χ3v) is 2.45. The van der Waals surface area contributed by atoms with Crippen molar-refractivity contribution in [1.29, 1.82) is 0 Å². The summed E-state index contributed by atoms with van der Waals surface area (Å²) in [6.45, 7) is 4.21. The van der Waals surface area contributed by atoms with E-state index in [0.29, 0.717) is 6.54 Å². The number of amides is 1. The van der Waals surface area contributed by atoms with Crippen molar-refractivity contribution < 1.29 is 4.79 Å². The summed E-state index contributed by atoms with van der Waals surface area (Å²) in [6.07, 6.45) is 3.42. The Morgan fingerprint density at radius 3 is 2.80 bits per heavy atom. The molecule has 1 aromatic rings. The molecule has 1 rings (SSSR count). The number of carbonyl (C=O) groups is 1. The van der Waals surface area contributed by atoms with Gasteiger partial charge in [0.2, 0.25) is 5.91 Å². The highest BCUT2D eigenvalue weighted by Crippen LogP contribution is 2.07. The molecule has 0 saturated carbocycles. The van der Waals surface area contributed by atoms with E-state index < -0.39 is 5.54 Å². The van der Waals surface area contributed by atoms with Crippen LogP contribution in [0.3, 0.4) is 0 Å². The highest BCUT2D eigenvalue weighted by molar-refractivity contribution is 5.85. The Bertz CT molecular complexity index is 318. The molecular weight excluding hydrogens is 192 g/mol. The number of rotatable bonds is 4. The Labute approximate surface area is 89.9 Å². The van der Waals surface area contributed by atoms with Crippen LogP contribution in [0.15, 0.2) is 12.4 Å². The Morgan fingerprint density at radius 1 is 1.67 bits per heavy atom. The molecule has 1 amide bonds. The lowest BCUT2D eigenvalue weighted by atomic mass is 10.0. The molecule has 5 heteroatoms. The van der Waals surface area contributed by atoms with E-state index >= 15 is 0 Å². The number of aromatic nitrogens is 2. The molecule has 2 N–H and O–H groups in total. The first kappa shape index (κ1) is 11.7. The summed E-state index contributed by atoms with van der Waals surface area (Å²) in [6, 6.07) is 0. The van der Waals surface area contributed by atoms with Gasteiger partial charge in [-0.3, -0.25) is 4.79 Å². The maximum atomic E-state index is 11.9. The van der Waals surface area contributed by atoms with Crippen molar-refractivity contribution in [3.8, 4) is 0 Å². The minimum atomic E-state index is -0.540. The van der Waals surface area contributed by atoms with E-state index in [0.717, 1.165) is 5.82 Å². The molecule has 0 radical (unpaired) electrons. The maximum absolute atomic E-state index is 11.9. The Morgan fingerprint density at radius 2 is 2.33 bits per heavy atom. The van der Waals surface area contributed by atoms with Crippen molar-refractivity contribution in [2.75, 3.05) is 14.1 Å². The molecule has 0 aliphatic heterocycles. The number of carbonyl (C=O) groups excluding carboxylic acids is 1. The molecule has 0 aromatic carbocycles. The highest BCUT2D eigenvalue weighted by Gasteiger charge is 2.28. The first-order chi connectivity index (χ1) is 6.97. The fraction of sp³-hybridized carbons (Fsp3) is 0.600. The van der Waals surface area contributed by atoms with Crippen LogP contribution in [0.25, 0.3) is 0 Å². The van der Waals surface area contributed by atoms with Crippen LogP contribution in [0.4, 0.5) is 0 Å². The van der Waals surface area contributed by atoms with E-state index in [9.17, 15) is 4.79 Å². The van der Waals surface area contributed by atoms with Gasteiger partial charge in [0.05, 0.1) is 12.1 Å². The van der Waals surface area contributed by atoms with Crippen LogP contribution in [0.2, 0.25) is 0 Å². The zero-order valence-electron chi connectivity index (χ0n) is 9.66. The summed E-state index contributed by atoms with van der Waals surface area (Å²) in [5, 5.41) is 2.98. The normalized spacial score (nSPS) is 11.5. The summed E-state index contributed by atoms with van der Waals surface area (Å²) < 4.78 is 0. The second kappa shape index (κ2) is 4.44. The SMILES string of the molecule is CNC(C)(C)C(=O)N(C)Cc1ncc[nH]1.